The van der Waals surface area contributed by atoms with E-state index in [1.165, 1.54) is 0 Å². The van der Waals surface area contributed by atoms with E-state index in [9.17, 15) is 0 Å². The van der Waals surface area contributed by atoms with Crippen LogP contribution in [-0.2, 0) is 11.3 Å². The zero-order valence-electron chi connectivity index (χ0n) is 7.53. The summed E-state index contributed by atoms with van der Waals surface area (Å²) < 4.78 is 10.5. The molecule has 1 aliphatic rings. The minimum Gasteiger partial charge on any atom is -0.381 e. The van der Waals surface area contributed by atoms with Crippen LogP contribution < -0.4 is 5.73 Å². The van der Waals surface area contributed by atoms with Gasteiger partial charge in [0, 0.05) is 25.1 Å². The highest BCUT2D eigenvalue weighted by Crippen LogP contribution is 2.25. The summed E-state index contributed by atoms with van der Waals surface area (Å²) >= 11 is 0. The molecule has 0 radical (unpaired) electrons. The Bertz CT molecular complexity index is 266. The predicted octanol–water partition coefficient (Wildman–Crippen LogP) is 1.03. The monoisotopic (exact) mass is 182 g/mol. The van der Waals surface area contributed by atoms with Crippen molar-refractivity contribution >= 4 is 0 Å². The maximum Gasteiger partial charge on any atom is 0.142 e. The Hall–Kier alpha value is -0.870. The lowest BCUT2D eigenvalue weighted by Crippen LogP contribution is -2.14. The van der Waals surface area contributed by atoms with E-state index in [-0.39, 0.29) is 0 Å². The van der Waals surface area contributed by atoms with Crippen molar-refractivity contribution in [1.82, 2.24) is 5.16 Å². The van der Waals surface area contributed by atoms with Crippen LogP contribution in [0.2, 0.25) is 0 Å². The average molecular weight is 182 g/mol. The first-order valence-electron chi connectivity index (χ1n) is 4.63. The highest BCUT2D eigenvalue weighted by atomic mass is 16.5. The van der Waals surface area contributed by atoms with Crippen LogP contribution in [0.3, 0.4) is 0 Å². The quantitative estimate of drug-likeness (QED) is 0.742. The molecule has 1 unspecified atom stereocenters. The van der Waals surface area contributed by atoms with Gasteiger partial charge in [-0.3, -0.25) is 0 Å². The lowest BCUT2D eigenvalue weighted by Gasteiger charge is -2.18. The van der Waals surface area contributed by atoms with E-state index >= 15 is 0 Å². The number of nitrogens with two attached hydrogens (primary N) is 1. The molecule has 2 N–H and O–H groups in total. The third kappa shape index (κ3) is 1.89. The summed E-state index contributed by atoms with van der Waals surface area (Å²) in [5, 5.41) is 3.85. The fraction of sp³-hybridized carbons (Fsp3) is 0.667. The SMILES string of the molecule is NCc1cc(C2CCCOC2)on1. The molecule has 1 atom stereocenters. The van der Waals surface area contributed by atoms with E-state index in [1.807, 2.05) is 6.07 Å². The molecule has 2 heterocycles. The summed E-state index contributed by atoms with van der Waals surface area (Å²) in [5.41, 5.74) is 6.26. The molecule has 1 aliphatic heterocycles. The standard InChI is InChI=1S/C9H14N2O2/c10-5-8-4-9(13-11-8)7-2-1-3-12-6-7/h4,7H,1-3,5-6,10H2. The van der Waals surface area contributed by atoms with E-state index in [2.05, 4.69) is 5.16 Å². The molecule has 1 saturated heterocycles. The molecule has 4 nitrogen and oxygen atoms in total. The van der Waals surface area contributed by atoms with Crippen LogP contribution in [0.25, 0.3) is 0 Å². The lowest BCUT2D eigenvalue weighted by atomic mass is 9.99. The molecule has 13 heavy (non-hydrogen) atoms. The third-order valence-electron chi connectivity index (χ3n) is 2.35. The Morgan fingerprint density at radius 2 is 2.54 bits per heavy atom. The molecule has 0 aliphatic carbocycles. The van der Waals surface area contributed by atoms with Gasteiger partial charge in [0.1, 0.15) is 5.76 Å². The third-order valence-corrected chi connectivity index (χ3v) is 2.35. The lowest BCUT2D eigenvalue weighted by molar-refractivity contribution is 0.0721. The van der Waals surface area contributed by atoms with E-state index in [0.717, 1.165) is 37.5 Å². The normalized spacial score (nSPS) is 23.3. The molecule has 0 bridgehead atoms. The molecule has 1 aromatic heterocycles. The summed E-state index contributed by atoms with van der Waals surface area (Å²) in [6.07, 6.45) is 2.22. The molecule has 0 saturated carbocycles. The number of nitrogens with zero attached hydrogens (tertiary/aromatic N) is 1. The van der Waals surface area contributed by atoms with Crippen LogP contribution in [0.1, 0.15) is 30.2 Å². The maximum atomic E-state index is 5.44. The van der Waals surface area contributed by atoms with Gasteiger partial charge in [0.05, 0.1) is 12.3 Å². The summed E-state index contributed by atoms with van der Waals surface area (Å²) in [4.78, 5) is 0. The molecule has 4 heteroatoms. The summed E-state index contributed by atoms with van der Waals surface area (Å²) in [7, 11) is 0. The Labute approximate surface area is 77.0 Å². The van der Waals surface area contributed by atoms with Crippen molar-refractivity contribution in [3.05, 3.63) is 17.5 Å². The topological polar surface area (TPSA) is 61.3 Å². The largest absolute Gasteiger partial charge is 0.381 e. The number of aromatic nitrogens is 1. The fourth-order valence-corrected chi connectivity index (χ4v) is 1.58. The van der Waals surface area contributed by atoms with E-state index in [1.54, 1.807) is 0 Å². The van der Waals surface area contributed by atoms with Gasteiger partial charge in [0.15, 0.2) is 0 Å². The van der Waals surface area contributed by atoms with Gasteiger partial charge in [0.25, 0.3) is 0 Å². The van der Waals surface area contributed by atoms with Gasteiger partial charge in [-0.15, -0.1) is 0 Å². The van der Waals surface area contributed by atoms with Crippen molar-refractivity contribution in [1.29, 1.82) is 0 Å². The van der Waals surface area contributed by atoms with Crippen molar-refractivity contribution < 1.29 is 9.26 Å². The highest BCUT2D eigenvalue weighted by molar-refractivity contribution is 5.10. The molecular formula is C9H14N2O2. The smallest absolute Gasteiger partial charge is 0.142 e. The Balaban J connectivity index is 2.05. The van der Waals surface area contributed by atoms with Gasteiger partial charge in [0.2, 0.25) is 0 Å². The minimum atomic E-state index is 0.376. The van der Waals surface area contributed by atoms with Gasteiger partial charge in [-0.05, 0) is 12.8 Å². The van der Waals surface area contributed by atoms with Gasteiger partial charge < -0.3 is 15.0 Å². The zero-order chi connectivity index (χ0) is 9.10. The Morgan fingerprint density at radius 3 is 3.15 bits per heavy atom. The van der Waals surface area contributed by atoms with Crippen molar-refractivity contribution in [2.75, 3.05) is 13.2 Å². The molecule has 0 amide bonds. The van der Waals surface area contributed by atoms with E-state index in [0.29, 0.717) is 12.5 Å². The van der Waals surface area contributed by atoms with Crippen molar-refractivity contribution in [2.24, 2.45) is 5.73 Å². The molecular weight excluding hydrogens is 168 g/mol. The molecule has 2 rings (SSSR count). The van der Waals surface area contributed by atoms with Crippen molar-refractivity contribution in [3.8, 4) is 0 Å². The van der Waals surface area contributed by atoms with Crippen LogP contribution in [0, 0.1) is 0 Å². The van der Waals surface area contributed by atoms with Crippen LogP contribution in [0.4, 0.5) is 0 Å². The first-order valence-corrected chi connectivity index (χ1v) is 4.63. The second-order valence-corrected chi connectivity index (χ2v) is 3.34. The summed E-state index contributed by atoms with van der Waals surface area (Å²) in [6.45, 7) is 2.06. The zero-order valence-corrected chi connectivity index (χ0v) is 7.53. The Morgan fingerprint density at radius 1 is 1.62 bits per heavy atom. The first kappa shape index (κ1) is 8.72. The molecule has 1 fully saturated rings. The molecule has 72 valence electrons. The predicted molar refractivity (Wildman–Crippen MR) is 47.2 cm³/mol. The molecule has 1 aromatic rings. The number of rotatable bonds is 2. The summed E-state index contributed by atoms with van der Waals surface area (Å²) in [6, 6.07) is 1.93. The van der Waals surface area contributed by atoms with Gasteiger partial charge in [-0.2, -0.15) is 0 Å². The highest BCUT2D eigenvalue weighted by Gasteiger charge is 2.19. The van der Waals surface area contributed by atoms with Crippen molar-refractivity contribution in [3.63, 3.8) is 0 Å². The van der Waals surface area contributed by atoms with Gasteiger partial charge in [-0.1, -0.05) is 5.16 Å². The van der Waals surface area contributed by atoms with Crippen LogP contribution in [-0.4, -0.2) is 18.4 Å². The Kier molecular flexibility index (Phi) is 2.61. The minimum absolute atomic E-state index is 0.376. The van der Waals surface area contributed by atoms with Gasteiger partial charge in [-0.25, -0.2) is 0 Å². The van der Waals surface area contributed by atoms with Crippen LogP contribution >= 0.6 is 0 Å². The second-order valence-electron chi connectivity index (χ2n) is 3.34. The van der Waals surface area contributed by atoms with Gasteiger partial charge >= 0.3 is 0 Å². The number of ether oxygens (including phenoxy) is 1. The van der Waals surface area contributed by atoms with E-state index < -0.39 is 0 Å². The molecule has 0 spiro atoms. The number of hydrogen-bond acceptors (Lipinski definition) is 4. The maximum absolute atomic E-state index is 5.44. The van der Waals surface area contributed by atoms with Crippen LogP contribution in [0.5, 0.6) is 0 Å². The average Bonchev–Trinajstić information content (AvgIpc) is 2.67. The van der Waals surface area contributed by atoms with Crippen molar-refractivity contribution in [2.45, 2.75) is 25.3 Å². The van der Waals surface area contributed by atoms with Crippen LogP contribution in [0.15, 0.2) is 10.6 Å². The number of hydrogen-bond donors (Lipinski definition) is 1. The molecule has 0 aromatic carbocycles. The summed E-state index contributed by atoms with van der Waals surface area (Å²) in [5.74, 6) is 1.29. The fourth-order valence-electron chi connectivity index (χ4n) is 1.58. The second kappa shape index (κ2) is 3.89. The van der Waals surface area contributed by atoms with E-state index in [4.69, 9.17) is 15.0 Å². The first-order chi connectivity index (χ1) is 6.40.